The molecular formula is C16H18FN3O. The number of piperazine rings is 1. The molecule has 3 rings (SSSR count). The molecule has 110 valence electrons. The van der Waals surface area contributed by atoms with Crippen molar-refractivity contribution in [3.63, 3.8) is 0 Å². The summed E-state index contributed by atoms with van der Waals surface area (Å²) in [6, 6.07) is 10.6. The van der Waals surface area contributed by atoms with Gasteiger partial charge in [-0.15, -0.1) is 0 Å². The lowest BCUT2D eigenvalue weighted by molar-refractivity contribution is -0.132. The Hall–Kier alpha value is -2.30. The van der Waals surface area contributed by atoms with Crippen LogP contribution in [-0.2, 0) is 11.3 Å². The molecule has 0 aliphatic carbocycles. The van der Waals surface area contributed by atoms with Crippen LogP contribution in [0.25, 0.3) is 0 Å². The standard InChI is InChI=1S/C16H18FN3O/c17-14-5-1-2-6-15(14)19-9-11-20(12-10-19)16(21)13-18-7-3-4-8-18/h1-8H,9-13H2. The fraction of sp³-hybridized carbons (Fsp3) is 0.312. The number of benzene rings is 1. The molecule has 2 heterocycles. The summed E-state index contributed by atoms with van der Waals surface area (Å²) in [6.07, 6.45) is 3.76. The highest BCUT2D eigenvalue weighted by Gasteiger charge is 2.22. The molecular weight excluding hydrogens is 269 g/mol. The number of hydrogen-bond acceptors (Lipinski definition) is 2. The Bertz CT molecular complexity index is 604. The van der Waals surface area contributed by atoms with E-state index in [1.54, 1.807) is 12.1 Å². The third kappa shape index (κ3) is 3.07. The molecule has 4 nitrogen and oxygen atoms in total. The number of halogens is 1. The van der Waals surface area contributed by atoms with E-state index in [9.17, 15) is 9.18 Å². The zero-order valence-corrected chi connectivity index (χ0v) is 11.8. The molecule has 0 bridgehead atoms. The first-order chi connectivity index (χ1) is 10.2. The van der Waals surface area contributed by atoms with E-state index in [0.29, 0.717) is 38.4 Å². The number of para-hydroxylation sites is 1. The van der Waals surface area contributed by atoms with Crippen LogP contribution in [0.3, 0.4) is 0 Å². The molecule has 0 spiro atoms. The lowest BCUT2D eigenvalue weighted by Crippen LogP contribution is -2.49. The van der Waals surface area contributed by atoms with E-state index in [2.05, 4.69) is 0 Å². The second-order valence-electron chi connectivity index (χ2n) is 5.17. The number of aromatic nitrogens is 1. The lowest BCUT2D eigenvalue weighted by atomic mass is 10.2. The molecule has 1 amide bonds. The summed E-state index contributed by atoms with van der Waals surface area (Å²) in [6.45, 7) is 2.96. The number of hydrogen-bond donors (Lipinski definition) is 0. The lowest BCUT2D eigenvalue weighted by Gasteiger charge is -2.36. The zero-order chi connectivity index (χ0) is 14.7. The smallest absolute Gasteiger partial charge is 0.242 e. The Balaban J connectivity index is 1.58. The highest BCUT2D eigenvalue weighted by molar-refractivity contribution is 5.76. The van der Waals surface area contributed by atoms with Crippen LogP contribution in [0.4, 0.5) is 10.1 Å². The van der Waals surface area contributed by atoms with Crippen molar-refractivity contribution in [3.8, 4) is 0 Å². The molecule has 1 aromatic carbocycles. The van der Waals surface area contributed by atoms with Crippen molar-refractivity contribution in [1.29, 1.82) is 0 Å². The zero-order valence-electron chi connectivity index (χ0n) is 11.8. The van der Waals surface area contributed by atoms with Gasteiger partial charge < -0.3 is 14.4 Å². The molecule has 0 unspecified atom stereocenters. The maximum absolute atomic E-state index is 13.8. The number of carbonyl (C=O) groups is 1. The third-order valence-corrected chi connectivity index (χ3v) is 3.81. The maximum Gasteiger partial charge on any atom is 0.242 e. The predicted molar refractivity (Wildman–Crippen MR) is 79.6 cm³/mol. The first-order valence-corrected chi connectivity index (χ1v) is 7.12. The van der Waals surface area contributed by atoms with Crippen LogP contribution < -0.4 is 4.90 Å². The molecule has 1 saturated heterocycles. The van der Waals surface area contributed by atoms with Crippen LogP contribution in [0.2, 0.25) is 0 Å². The molecule has 1 fully saturated rings. The fourth-order valence-electron chi connectivity index (χ4n) is 2.64. The summed E-state index contributed by atoms with van der Waals surface area (Å²) >= 11 is 0. The second kappa shape index (κ2) is 5.99. The van der Waals surface area contributed by atoms with Gasteiger partial charge in [-0.25, -0.2) is 4.39 Å². The predicted octanol–water partition coefficient (Wildman–Crippen LogP) is 1.98. The molecule has 1 aliphatic heterocycles. The monoisotopic (exact) mass is 287 g/mol. The average molecular weight is 287 g/mol. The van der Waals surface area contributed by atoms with Gasteiger partial charge in [-0.05, 0) is 24.3 Å². The van der Waals surface area contributed by atoms with Crippen LogP contribution in [-0.4, -0.2) is 41.6 Å². The van der Waals surface area contributed by atoms with Gasteiger partial charge >= 0.3 is 0 Å². The van der Waals surface area contributed by atoms with Crippen LogP contribution in [0.15, 0.2) is 48.8 Å². The maximum atomic E-state index is 13.8. The minimum absolute atomic E-state index is 0.111. The minimum Gasteiger partial charge on any atom is -0.366 e. The van der Waals surface area contributed by atoms with Crippen molar-refractivity contribution >= 4 is 11.6 Å². The third-order valence-electron chi connectivity index (χ3n) is 3.81. The summed E-state index contributed by atoms with van der Waals surface area (Å²) in [5.74, 6) is -0.0935. The van der Waals surface area contributed by atoms with E-state index in [-0.39, 0.29) is 11.7 Å². The average Bonchev–Trinajstić information content (AvgIpc) is 3.01. The Morgan fingerprint density at radius 3 is 2.33 bits per heavy atom. The Morgan fingerprint density at radius 1 is 1.00 bits per heavy atom. The van der Waals surface area contributed by atoms with Gasteiger partial charge in [0, 0.05) is 38.6 Å². The van der Waals surface area contributed by atoms with Crippen molar-refractivity contribution in [2.75, 3.05) is 31.1 Å². The largest absolute Gasteiger partial charge is 0.366 e. The Kier molecular flexibility index (Phi) is 3.90. The highest BCUT2D eigenvalue weighted by atomic mass is 19.1. The van der Waals surface area contributed by atoms with Gasteiger partial charge in [0.2, 0.25) is 5.91 Å². The minimum atomic E-state index is -0.204. The van der Waals surface area contributed by atoms with E-state index in [0.717, 1.165) is 0 Å². The van der Waals surface area contributed by atoms with Gasteiger partial charge in [-0.1, -0.05) is 12.1 Å². The van der Waals surface area contributed by atoms with Gasteiger partial charge in [0.15, 0.2) is 0 Å². The van der Waals surface area contributed by atoms with Crippen LogP contribution >= 0.6 is 0 Å². The number of amides is 1. The molecule has 21 heavy (non-hydrogen) atoms. The summed E-state index contributed by atoms with van der Waals surface area (Å²) < 4.78 is 15.6. The molecule has 0 N–H and O–H groups in total. The molecule has 1 aliphatic rings. The molecule has 0 saturated carbocycles. The van der Waals surface area contributed by atoms with Gasteiger partial charge in [0.05, 0.1) is 5.69 Å². The van der Waals surface area contributed by atoms with Crippen molar-refractivity contribution in [3.05, 3.63) is 54.6 Å². The van der Waals surface area contributed by atoms with E-state index in [4.69, 9.17) is 0 Å². The van der Waals surface area contributed by atoms with Gasteiger partial charge in [-0.3, -0.25) is 4.79 Å². The first-order valence-electron chi connectivity index (χ1n) is 7.12. The molecule has 5 heteroatoms. The molecule has 0 atom stereocenters. The quantitative estimate of drug-likeness (QED) is 0.863. The number of carbonyl (C=O) groups excluding carboxylic acids is 1. The van der Waals surface area contributed by atoms with Crippen molar-refractivity contribution < 1.29 is 9.18 Å². The van der Waals surface area contributed by atoms with Crippen LogP contribution in [0.1, 0.15) is 0 Å². The molecule has 0 radical (unpaired) electrons. The number of nitrogens with zero attached hydrogens (tertiary/aromatic N) is 3. The second-order valence-corrected chi connectivity index (χ2v) is 5.17. The van der Waals surface area contributed by atoms with Gasteiger partial charge in [0.25, 0.3) is 0 Å². The van der Waals surface area contributed by atoms with Crippen molar-refractivity contribution in [1.82, 2.24) is 9.47 Å². The number of rotatable bonds is 3. The summed E-state index contributed by atoms with van der Waals surface area (Å²) in [4.78, 5) is 16.0. The van der Waals surface area contributed by atoms with Crippen LogP contribution in [0, 0.1) is 5.82 Å². The molecule has 1 aromatic heterocycles. The van der Waals surface area contributed by atoms with E-state index in [1.165, 1.54) is 6.07 Å². The normalized spacial score (nSPS) is 15.3. The number of anilines is 1. The van der Waals surface area contributed by atoms with E-state index >= 15 is 0 Å². The summed E-state index contributed by atoms with van der Waals surface area (Å²) in [5, 5.41) is 0. The Morgan fingerprint density at radius 2 is 1.67 bits per heavy atom. The summed E-state index contributed by atoms with van der Waals surface area (Å²) in [7, 11) is 0. The highest BCUT2D eigenvalue weighted by Crippen LogP contribution is 2.20. The van der Waals surface area contributed by atoms with Crippen molar-refractivity contribution in [2.24, 2.45) is 0 Å². The first kappa shape index (κ1) is 13.7. The Labute approximate surface area is 123 Å². The van der Waals surface area contributed by atoms with Gasteiger partial charge in [0.1, 0.15) is 12.4 Å². The van der Waals surface area contributed by atoms with Gasteiger partial charge in [-0.2, -0.15) is 0 Å². The molecule has 2 aromatic rings. The summed E-state index contributed by atoms with van der Waals surface area (Å²) in [5.41, 5.74) is 0.620. The van der Waals surface area contributed by atoms with E-state index < -0.39 is 0 Å². The van der Waals surface area contributed by atoms with E-state index in [1.807, 2.05) is 45.0 Å². The van der Waals surface area contributed by atoms with Crippen LogP contribution in [0.5, 0.6) is 0 Å². The van der Waals surface area contributed by atoms with Crippen molar-refractivity contribution in [2.45, 2.75) is 6.54 Å². The topological polar surface area (TPSA) is 28.5 Å². The SMILES string of the molecule is O=C(Cn1cccc1)N1CCN(c2ccccc2F)CC1. The fourth-order valence-corrected chi connectivity index (χ4v) is 2.64.